The van der Waals surface area contributed by atoms with Crippen LogP contribution >= 0.6 is 15.9 Å². The third-order valence-corrected chi connectivity index (χ3v) is 3.38. The van der Waals surface area contributed by atoms with Crippen LogP contribution in [-0.4, -0.2) is 11.4 Å². The Balaban J connectivity index is 2.62. The molecular weight excluding hydrogens is 276 g/mol. The summed E-state index contributed by atoms with van der Waals surface area (Å²) in [6, 6.07) is 8.59. The second-order valence-corrected chi connectivity index (χ2v) is 5.78. The first-order valence-electron chi connectivity index (χ1n) is 6.31. The quantitative estimate of drug-likeness (QED) is 0.680. The summed E-state index contributed by atoms with van der Waals surface area (Å²) in [6.45, 7) is 8.72. The summed E-state index contributed by atoms with van der Waals surface area (Å²) in [6.07, 6.45) is 1.57. The Morgan fingerprint density at radius 2 is 1.71 bits per heavy atom. The minimum absolute atomic E-state index is 0.157. The molecule has 0 spiro atoms. The number of hydrogen-bond donors (Lipinski definition) is 0. The van der Waals surface area contributed by atoms with Crippen molar-refractivity contribution in [1.82, 2.24) is 0 Å². The van der Waals surface area contributed by atoms with Gasteiger partial charge in [0.2, 0.25) is 0 Å². The molecule has 1 aromatic rings. The van der Waals surface area contributed by atoms with E-state index in [-0.39, 0.29) is 6.10 Å². The number of ether oxygens (including phenoxy) is 1. The molecule has 1 aromatic carbocycles. The van der Waals surface area contributed by atoms with Gasteiger partial charge in [-0.2, -0.15) is 0 Å². The summed E-state index contributed by atoms with van der Waals surface area (Å²) >= 11 is 3.54. The third-order valence-electron chi connectivity index (χ3n) is 2.79. The number of aryl methyl sites for hydroxylation is 1. The Morgan fingerprint density at radius 3 is 2.18 bits per heavy atom. The van der Waals surface area contributed by atoms with Gasteiger partial charge >= 0.3 is 0 Å². The Kier molecular flexibility index (Phi) is 6.21. The molecule has 0 heterocycles. The molecule has 96 valence electrons. The summed E-state index contributed by atoms with van der Waals surface area (Å²) in [7, 11) is 0. The molecule has 0 radical (unpaired) electrons. The lowest BCUT2D eigenvalue weighted by Crippen LogP contribution is -2.16. The molecule has 0 saturated carbocycles. The summed E-state index contributed by atoms with van der Waals surface area (Å²) in [5.74, 6) is 0.680. The lowest BCUT2D eigenvalue weighted by molar-refractivity contribution is -0.0000110. The van der Waals surface area contributed by atoms with E-state index >= 15 is 0 Å². The van der Waals surface area contributed by atoms with E-state index in [4.69, 9.17) is 4.74 Å². The average Bonchev–Trinajstić information content (AvgIpc) is 2.26. The molecule has 0 bridgehead atoms. The highest BCUT2D eigenvalue weighted by Gasteiger charge is 2.15. The fraction of sp³-hybridized carbons (Fsp3) is 0.600. The van der Waals surface area contributed by atoms with Crippen molar-refractivity contribution in [1.29, 1.82) is 0 Å². The summed E-state index contributed by atoms with van der Waals surface area (Å²) in [5.41, 5.74) is 2.54. The van der Waals surface area contributed by atoms with E-state index < -0.39 is 0 Å². The highest BCUT2D eigenvalue weighted by atomic mass is 79.9. The van der Waals surface area contributed by atoms with Crippen LogP contribution in [0.25, 0.3) is 0 Å². The van der Waals surface area contributed by atoms with Crippen molar-refractivity contribution in [2.75, 3.05) is 5.33 Å². The van der Waals surface area contributed by atoms with Crippen LogP contribution in [0.1, 0.15) is 44.4 Å². The van der Waals surface area contributed by atoms with Crippen molar-refractivity contribution in [2.45, 2.75) is 46.3 Å². The maximum absolute atomic E-state index is 6.09. The molecule has 0 aromatic heterocycles. The normalized spacial score (nSPS) is 14.9. The molecule has 2 heteroatoms. The average molecular weight is 299 g/mol. The van der Waals surface area contributed by atoms with E-state index in [1.54, 1.807) is 0 Å². The first kappa shape index (κ1) is 14.7. The minimum Gasteiger partial charge on any atom is -0.370 e. The first-order chi connectivity index (χ1) is 8.02. The Labute approximate surface area is 114 Å². The number of halogens is 1. The molecule has 0 fully saturated rings. The highest BCUT2D eigenvalue weighted by Crippen LogP contribution is 2.23. The zero-order valence-electron chi connectivity index (χ0n) is 11.2. The lowest BCUT2D eigenvalue weighted by atomic mass is 10.1. The topological polar surface area (TPSA) is 9.23 Å². The molecule has 1 nitrogen and oxygen atoms in total. The van der Waals surface area contributed by atoms with Gasteiger partial charge in [-0.25, -0.2) is 0 Å². The molecule has 0 N–H and O–H groups in total. The van der Waals surface area contributed by atoms with Crippen LogP contribution in [0.5, 0.6) is 0 Å². The van der Waals surface area contributed by atoms with Crippen LogP contribution in [0.2, 0.25) is 0 Å². The van der Waals surface area contributed by atoms with Crippen molar-refractivity contribution in [3.8, 4) is 0 Å². The molecular formula is C15H23BrO. The Hall–Kier alpha value is -0.340. The third kappa shape index (κ3) is 5.22. The van der Waals surface area contributed by atoms with Gasteiger partial charge < -0.3 is 4.74 Å². The van der Waals surface area contributed by atoms with Crippen LogP contribution in [-0.2, 0) is 4.74 Å². The van der Waals surface area contributed by atoms with Gasteiger partial charge in [0.15, 0.2) is 0 Å². The molecule has 0 saturated heterocycles. The fourth-order valence-electron chi connectivity index (χ4n) is 1.98. The highest BCUT2D eigenvalue weighted by molar-refractivity contribution is 9.09. The van der Waals surface area contributed by atoms with Crippen LogP contribution < -0.4 is 0 Å². The summed E-state index contributed by atoms with van der Waals surface area (Å²) < 4.78 is 6.09. The van der Waals surface area contributed by atoms with E-state index in [0.717, 1.165) is 11.8 Å². The van der Waals surface area contributed by atoms with Crippen molar-refractivity contribution in [3.63, 3.8) is 0 Å². The molecule has 1 rings (SSSR count). The van der Waals surface area contributed by atoms with Gasteiger partial charge in [-0.15, -0.1) is 0 Å². The van der Waals surface area contributed by atoms with Gasteiger partial charge in [0.05, 0.1) is 12.2 Å². The van der Waals surface area contributed by atoms with Gasteiger partial charge in [0.1, 0.15) is 0 Å². The zero-order valence-corrected chi connectivity index (χ0v) is 12.8. The van der Waals surface area contributed by atoms with E-state index in [0.29, 0.717) is 12.0 Å². The fourth-order valence-corrected chi connectivity index (χ4v) is 2.51. The second-order valence-electron chi connectivity index (χ2n) is 5.13. The minimum atomic E-state index is 0.157. The van der Waals surface area contributed by atoms with Gasteiger partial charge in [-0.05, 0) is 31.7 Å². The smallest absolute Gasteiger partial charge is 0.0925 e. The van der Waals surface area contributed by atoms with Crippen LogP contribution in [0.3, 0.4) is 0 Å². The van der Waals surface area contributed by atoms with E-state index in [2.05, 4.69) is 67.9 Å². The van der Waals surface area contributed by atoms with Crippen molar-refractivity contribution >= 4 is 15.9 Å². The van der Waals surface area contributed by atoms with Crippen LogP contribution in [0.15, 0.2) is 24.3 Å². The monoisotopic (exact) mass is 298 g/mol. The lowest BCUT2D eigenvalue weighted by Gasteiger charge is -2.22. The first-order valence-corrected chi connectivity index (χ1v) is 7.43. The molecule has 0 aliphatic carbocycles. The van der Waals surface area contributed by atoms with Crippen molar-refractivity contribution < 1.29 is 4.74 Å². The zero-order chi connectivity index (χ0) is 12.8. The molecule has 17 heavy (non-hydrogen) atoms. The number of alkyl halides is 1. The van der Waals surface area contributed by atoms with Crippen molar-refractivity contribution in [2.24, 2.45) is 5.92 Å². The standard InChI is InChI=1S/C15H23BrO/c1-11(2)9-13(4)17-15(10-16)14-7-5-12(3)6-8-14/h5-8,11,13,15H,9-10H2,1-4H3. The van der Waals surface area contributed by atoms with E-state index in [1.807, 2.05) is 0 Å². The Bertz CT molecular complexity index is 318. The maximum Gasteiger partial charge on any atom is 0.0925 e. The van der Waals surface area contributed by atoms with Gasteiger partial charge in [-0.3, -0.25) is 0 Å². The van der Waals surface area contributed by atoms with Gasteiger partial charge in [-0.1, -0.05) is 59.6 Å². The SMILES string of the molecule is Cc1ccc(C(CBr)OC(C)CC(C)C)cc1. The summed E-state index contributed by atoms with van der Waals surface area (Å²) in [5, 5.41) is 0.846. The molecule has 2 atom stereocenters. The van der Waals surface area contributed by atoms with Gasteiger partial charge in [0.25, 0.3) is 0 Å². The predicted molar refractivity (Wildman–Crippen MR) is 77.7 cm³/mol. The summed E-state index contributed by atoms with van der Waals surface area (Å²) in [4.78, 5) is 0. The second kappa shape index (κ2) is 7.17. The Morgan fingerprint density at radius 1 is 1.12 bits per heavy atom. The largest absolute Gasteiger partial charge is 0.370 e. The maximum atomic E-state index is 6.09. The number of hydrogen-bond acceptors (Lipinski definition) is 1. The molecule has 0 aliphatic heterocycles. The molecule has 0 aliphatic rings. The van der Waals surface area contributed by atoms with Crippen molar-refractivity contribution in [3.05, 3.63) is 35.4 Å². The number of rotatable bonds is 6. The van der Waals surface area contributed by atoms with E-state index in [9.17, 15) is 0 Å². The van der Waals surface area contributed by atoms with Crippen LogP contribution in [0, 0.1) is 12.8 Å². The number of benzene rings is 1. The van der Waals surface area contributed by atoms with Gasteiger partial charge in [0, 0.05) is 5.33 Å². The predicted octanol–water partition coefficient (Wildman–Crippen LogP) is 4.88. The van der Waals surface area contributed by atoms with E-state index in [1.165, 1.54) is 11.1 Å². The molecule has 0 amide bonds. The molecule has 2 unspecified atom stereocenters. The van der Waals surface area contributed by atoms with Crippen LogP contribution in [0.4, 0.5) is 0 Å².